The molecule has 4 heteroatoms. The molecule has 0 saturated heterocycles. The minimum atomic E-state index is -0.326. The van der Waals surface area contributed by atoms with Crippen LogP contribution in [0.5, 0.6) is 0 Å². The predicted molar refractivity (Wildman–Crippen MR) is 85.2 cm³/mol. The number of hydrogen-bond acceptors (Lipinski definition) is 4. The zero-order valence-electron chi connectivity index (χ0n) is 13.4. The van der Waals surface area contributed by atoms with E-state index in [1.165, 1.54) is 0 Å². The van der Waals surface area contributed by atoms with Crippen molar-refractivity contribution in [2.45, 2.75) is 52.2 Å². The van der Waals surface area contributed by atoms with Gasteiger partial charge in [-0.1, -0.05) is 30.3 Å². The van der Waals surface area contributed by atoms with Crippen LogP contribution < -0.4 is 5.32 Å². The molecule has 0 aromatic heterocycles. The van der Waals surface area contributed by atoms with Crippen molar-refractivity contribution in [2.24, 2.45) is 0 Å². The molecule has 0 amide bonds. The van der Waals surface area contributed by atoms with Gasteiger partial charge in [-0.3, -0.25) is 4.79 Å². The minimum Gasteiger partial charge on any atom is -0.460 e. The van der Waals surface area contributed by atoms with E-state index in [0.29, 0.717) is 24.8 Å². The summed E-state index contributed by atoms with van der Waals surface area (Å²) in [4.78, 5) is 24.4. The van der Waals surface area contributed by atoms with Gasteiger partial charge in [0.2, 0.25) is 0 Å². The first-order valence-corrected chi connectivity index (χ1v) is 7.71. The molecule has 0 fully saturated rings. The van der Waals surface area contributed by atoms with Gasteiger partial charge in [0.25, 0.3) is 0 Å². The second-order valence-corrected chi connectivity index (χ2v) is 5.91. The molecule has 118 valence electrons. The first-order chi connectivity index (χ1) is 10.5. The summed E-state index contributed by atoms with van der Waals surface area (Å²) < 4.78 is 5.26. The zero-order valence-corrected chi connectivity index (χ0v) is 13.4. The first-order valence-electron chi connectivity index (χ1n) is 7.71. The summed E-state index contributed by atoms with van der Waals surface area (Å²) in [7, 11) is 0. The summed E-state index contributed by atoms with van der Waals surface area (Å²) in [5.41, 5.74) is 2.43. The molecule has 22 heavy (non-hydrogen) atoms. The Bertz CT molecular complexity index is 575. The van der Waals surface area contributed by atoms with Gasteiger partial charge in [-0.2, -0.15) is 0 Å². The lowest BCUT2D eigenvalue weighted by molar-refractivity contribution is -0.142. The Labute approximate surface area is 131 Å². The molecule has 0 aliphatic carbocycles. The summed E-state index contributed by atoms with van der Waals surface area (Å²) >= 11 is 0. The molecule has 1 atom stereocenters. The number of esters is 1. The fourth-order valence-corrected chi connectivity index (χ4v) is 2.59. The van der Waals surface area contributed by atoms with Crippen molar-refractivity contribution < 1.29 is 14.3 Å². The third kappa shape index (κ3) is 4.20. The second-order valence-electron chi connectivity index (χ2n) is 5.91. The Morgan fingerprint density at radius 1 is 1.27 bits per heavy atom. The third-order valence-corrected chi connectivity index (χ3v) is 3.73. The van der Waals surface area contributed by atoms with Crippen LogP contribution in [-0.2, 0) is 20.7 Å². The highest BCUT2D eigenvalue weighted by Gasteiger charge is 2.27. The first kappa shape index (κ1) is 16.3. The smallest absolute Gasteiger partial charge is 0.336 e. The summed E-state index contributed by atoms with van der Waals surface area (Å²) in [6.45, 7) is 5.48. The second kappa shape index (κ2) is 7.25. The molecule has 0 radical (unpaired) electrons. The molecule has 1 aliphatic heterocycles. The van der Waals surface area contributed by atoms with Crippen LogP contribution in [0.4, 0.5) is 0 Å². The number of rotatable bonds is 4. The van der Waals surface area contributed by atoms with Crippen molar-refractivity contribution in [3.05, 3.63) is 47.2 Å². The van der Waals surface area contributed by atoms with Crippen molar-refractivity contribution in [3.8, 4) is 0 Å². The Morgan fingerprint density at radius 2 is 1.95 bits per heavy atom. The van der Waals surface area contributed by atoms with Crippen molar-refractivity contribution >= 4 is 11.8 Å². The molecule has 1 aliphatic rings. The van der Waals surface area contributed by atoms with Gasteiger partial charge in [0.1, 0.15) is 0 Å². The van der Waals surface area contributed by atoms with Gasteiger partial charge in [0.15, 0.2) is 5.78 Å². The predicted octanol–water partition coefficient (Wildman–Crippen LogP) is 2.78. The van der Waals surface area contributed by atoms with Crippen LogP contribution in [0.25, 0.3) is 0 Å². The molecule has 1 N–H and O–H groups in total. The lowest BCUT2D eigenvalue weighted by atomic mass is 10.00. The lowest BCUT2D eigenvalue weighted by Gasteiger charge is -2.17. The molecular weight excluding hydrogens is 278 g/mol. The van der Waals surface area contributed by atoms with E-state index in [1.54, 1.807) is 0 Å². The fourth-order valence-electron chi connectivity index (χ4n) is 2.59. The van der Waals surface area contributed by atoms with Crippen LogP contribution in [0.1, 0.15) is 39.2 Å². The fraction of sp³-hybridized carbons (Fsp3) is 0.444. The van der Waals surface area contributed by atoms with E-state index >= 15 is 0 Å². The van der Waals surface area contributed by atoms with E-state index < -0.39 is 0 Å². The molecule has 1 heterocycles. The standard InChI is InChI=1S/C18H23NO3/c1-12(2)22-18(21)15-9-10-17(20)16(19-13(15)3)11-14-7-5-4-6-8-14/h4-8,12,16,19H,9-11H2,1-3H3/t16-/m0/s1. The van der Waals surface area contributed by atoms with Gasteiger partial charge in [0.05, 0.1) is 17.7 Å². The average Bonchev–Trinajstić information content (AvgIpc) is 2.59. The normalized spacial score (nSPS) is 18.9. The van der Waals surface area contributed by atoms with E-state index in [9.17, 15) is 9.59 Å². The van der Waals surface area contributed by atoms with Crippen molar-refractivity contribution in [1.29, 1.82) is 0 Å². The number of ketones is 1. The van der Waals surface area contributed by atoms with Gasteiger partial charge in [-0.15, -0.1) is 0 Å². The Balaban J connectivity index is 2.13. The molecule has 0 saturated carbocycles. The van der Waals surface area contributed by atoms with Gasteiger partial charge in [-0.25, -0.2) is 4.79 Å². The molecule has 0 bridgehead atoms. The number of carbonyl (C=O) groups excluding carboxylic acids is 2. The molecule has 0 spiro atoms. The molecule has 2 rings (SSSR count). The number of nitrogens with one attached hydrogen (secondary N) is 1. The maximum absolute atomic E-state index is 12.3. The summed E-state index contributed by atoms with van der Waals surface area (Å²) in [5, 5.41) is 3.21. The number of allylic oxidation sites excluding steroid dienone is 1. The lowest BCUT2D eigenvalue weighted by Crippen LogP contribution is -2.36. The monoisotopic (exact) mass is 301 g/mol. The van der Waals surface area contributed by atoms with Crippen LogP contribution >= 0.6 is 0 Å². The quantitative estimate of drug-likeness (QED) is 0.869. The van der Waals surface area contributed by atoms with Crippen LogP contribution in [0.2, 0.25) is 0 Å². The van der Waals surface area contributed by atoms with Gasteiger partial charge >= 0.3 is 5.97 Å². The van der Waals surface area contributed by atoms with E-state index in [4.69, 9.17) is 4.74 Å². The zero-order chi connectivity index (χ0) is 16.1. The van der Waals surface area contributed by atoms with Gasteiger partial charge in [-0.05, 0) is 39.2 Å². The third-order valence-electron chi connectivity index (χ3n) is 3.73. The van der Waals surface area contributed by atoms with Crippen LogP contribution in [0, 0.1) is 0 Å². The SMILES string of the molecule is CC1=C(C(=O)OC(C)C)CCC(=O)[C@H](Cc2ccccc2)N1. The van der Waals surface area contributed by atoms with Crippen LogP contribution in [0.15, 0.2) is 41.6 Å². The van der Waals surface area contributed by atoms with E-state index in [1.807, 2.05) is 51.1 Å². The van der Waals surface area contributed by atoms with E-state index in [0.717, 1.165) is 11.3 Å². The maximum Gasteiger partial charge on any atom is 0.336 e. The van der Waals surface area contributed by atoms with Crippen molar-refractivity contribution in [2.75, 3.05) is 0 Å². The highest BCUT2D eigenvalue weighted by molar-refractivity contribution is 5.93. The number of hydrogen-bond donors (Lipinski definition) is 1. The van der Waals surface area contributed by atoms with E-state index in [2.05, 4.69) is 5.32 Å². The number of ether oxygens (including phenoxy) is 1. The summed E-state index contributed by atoms with van der Waals surface area (Å²) in [5.74, 6) is -0.191. The Morgan fingerprint density at radius 3 is 2.59 bits per heavy atom. The molecule has 0 unspecified atom stereocenters. The van der Waals surface area contributed by atoms with Crippen LogP contribution in [0.3, 0.4) is 0 Å². The number of benzene rings is 1. The molecule has 1 aromatic rings. The summed E-state index contributed by atoms with van der Waals surface area (Å²) in [6.07, 6.45) is 1.27. The summed E-state index contributed by atoms with van der Waals surface area (Å²) in [6, 6.07) is 9.61. The van der Waals surface area contributed by atoms with Gasteiger partial charge < -0.3 is 10.1 Å². The maximum atomic E-state index is 12.3. The number of carbonyl (C=O) groups is 2. The van der Waals surface area contributed by atoms with E-state index in [-0.39, 0.29) is 23.9 Å². The van der Waals surface area contributed by atoms with Crippen LogP contribution in [-0.4, -0.2) is 23.9 Å². The average molecular weight is 301 g/mol. The van der Waals surface area contributed by atoms with Gasteiger partial charge in [0, 0.05) is 12.1 Å². The minimum absolute atomic E-state index is 0.135. The van der Waals surface area contributed by atoms with Crippen molar-refractivity contribution in [1.82, 2.24) is 5.32 Å². The Hall–Kier alpha value is -2.10. The Kier molecular flexibility index (Phi) is 5.36. The molecular formula is C18H23NO3. The molecule has 1 aromatic carbocycles. The highest BCUT2D eigenvalue weighted by atomic mass is 16.5. The highest BCUT2D eigenvalue weighted by Crippen LogP contribution is 2.20. The molecule has 4 nitrogen and oxygen atoms in total. The topological polar surface area (TPSA) is 55.4 Å². The number of Topliss-reactive ketones (excluding diaryl/α,β-unsaturated/α-hetero) is 1. The van der Waals surface area contributed by atoms with Crippen molar-refractivity contribution in [3.63, 3.8) is 0 Å². The largest absolute Gasteiger partial charge is 0.460 e.